The first-order chi connectivity index (χ1) is 8.59. The van der Waals surface area contributed by atoms with Crippen LogP contribution >= 0.6 is 11.3 Å². The largest absolute Gasteiger partial charge is 0.481 e. The Kier molecular flexibility index (Phi) is 6.38. The van der Waals surface area contributed by atoms with Gasteiger partial charge in [0.2, 0.25) is 5.91 Å². The Bertz CT molecular complexity index is 379. The predicted molar refractivity (Wildman–Crippen MR) is 70.6 cm³/mol. The molecule has 1 aromatic rings. The summed E-state index contributed by atoms with van der Waals surface area (Å²) in [4.78, 5) is 22.9. The normalized spacial score (nSPS) is 12.1. The fourth-order valence-corrected chi connectivity index (χ4v) is 2.20. The van der Waals surface area contributed by atoms with Crippen LogP contribution in [0.1, 0.15) is 30.7 Å². The molecule has 0 aliphatic carbocycles. The summed E-state index contributed by atoms with van der Waals surface area (Å²) in [5.41, 5.74) is 0. The van der Waals surface area contributed by atoms with Gasteiger partial charge < -0.3 is 15.7 Å². The molecule has 0 aliphatic heterocycles. The summed E-state index contributed by atoms with van der Waals surface area (Å²) in [6.45, 7) is 2.69. The third-order valence-electron chi connectivity index (χ3n) is 2.38. The van der Waals surface area contributed by atoms with Crippen molar-refractivity contribution in [1.82, 2.24) is 10.6 Å². The molecule has 100 valence electrons. The van der Waals surface area contributed by atoms with Crippen molar-refractivity contribution in [2.24, 2.45) is 0 Å². The molecular weight excluding hydrogens is 252 g/mol. The molecule has 0 aliphatic rings. The number of thiophene rings is 1. The Morgan fingerprint density at radius 2 is 2.28 bits per heavy atom. The lowest BCUT2D eigenvalue weighted by Crippen LogP contribution is -2.35. The quantitative estimate of drug-likeness (QED) is 0.624. The van der Waals surface area contributed by atoms with Crippen molar-refractivity contribution in [2.45, 2.75) is 25.8 Å². The van der Waals surface area contributed by atoms with E-state index in [4.69, 9.17) is 5.11 Å². The fourth-order valence-electron chi connectivity index (χ4n) is 1.47. The molecule has 0 bridgehead atoms. The van der Waals surface area contributed by atoms with Gasteiger partial charge in [-0.2, -0.15) is 0 Å². The number of hydrogen-bond acceptors (Lipinski definition) is 4. The molecule has 0 fully saturated rings. The predicted octanol–water partition coefficient (Wildman–Crippen LogP) is 1.38. The van der Waals surface area contributed by atoms with E-state index in [-0.39, 0.29) is 24.9 Å². The number of nitrogens with one attached hydrogen (secondary N) is 2. The van der Waals surface area contributed by atoms with Gasteiger partial charge in [-0.3, -0.25) is 9.59 Å². The van der Waals surface area contributed by atoms with Crippen LogP contribution in [-0.4, -0.2) is 30.1 Å². The minimum atomic E-state index is -0.812. The van der Waals surface area contributed by atoms with Crippen molar-refractivity contribution in [1.29, 1.82) is 0 Å². The van der Waals surface area contributed by atoms with Gasteiger partial charge in [0.15, 0.2) is 0 Å². The Hall–Kier alpha value is -1.40. The van der Waals surface area contributed by atoms with Crippen LogP contribution < -0.4 is 10.6 Å². The van der Waals surface area contributed by atoms with E-state index in [1.807, 2.05) is 24.4 Å². The van der Waals surface area contributed by atoms with Crippen LogP contribution in [0.5, 0.6) is 0 Å². The van der Waals surface area contributed by atoms with Crippen LogP contribution in [0.4, 0.5) is 0 Å². The van der Waals surface area contributed by atoms with Crippen molar-refractivity contribution in [3.63, 3.8) is 0 Å². The molecule has 0 aromatic carbocycles. The average molecular weight is 270 g/mol. The second kappa shape index (κ2) is 7.84. The molecule has 1 unspecified atom stereocenters. The van der Waals surface area contributed by atoms with E-state index in [0.717, 1.165) is 4.88 Å². The Labute approximate surface area is 110 Å². The number of hydrogen-bond donors (Lipinski definition) is 3. The zero-order valence-electron chi connectivity index (χ0n) is 10.3. The minimum Gasteiger partial charge on any atom is -0.481 e. The van der Waals surface area contributed by atoms with Crippen LogP contribution in [-0.2, 0) is 9.59 Å². The highest BCUT2D eigenvalue weighted by Crippen LogP contribution is 2.17. The first kappa shape index (κ1) is 14.7. The Balaban J connectivity index is 2.12. The molecule has 0 saturated heterocycles. The molecular formula is C12H18N2O3S. The number of rotatable bonds is 8. The third kappa shape index (κ3) is 5.79. The van der Waals surface area contributed by atoms with Crippen molar-refractivity contribution in [3.8, 4) is 0 Å². The first-order valence-corrected chi connectivity index (χ1v) is 6.73. The summed E-state index contributed by atoms with van der Waals surface area (Å²) >= 11 is 1.61. The first-order valence-electron chi connectivity index (χ1n) is 5.85. The van der Waals surface area contributed by atoms with Crippen LogP contribution in [0.25, 0.3) is 0 Å². The van der Waals surface area contributed by atoms with E-state index >= 15 is 0 Å². The standard InChI is InChI=1S/C12H18N2O3S/c1-9(10-4-3-7-18-10)14-11(15)8-13-6-2-5-12(16)17/h3-4,7,9,13H,2,5-6,8H2,1H3,(H,14,15)(H,16,17). The van der Waals surface area contributed by atoms with Gasteiger partial charge in [0, 0.05) is 11.3 Å². The topological polar surface area (TPSA) is 78.4 Å². The van der Waals surface area contributed by atoms with E-state index in [2.05, 4.69) is 10.6 Å². The minimum absolute atomic E-state index is 0.0123. The third-order valence-corrected chi connectivity index (χ3v) is 3.43. The van der Waals surface area contributed by atoms with Crippen molar-refractivity contribution in [3.05, 3.63) is 22.4 Å². The molecule has 1 aromatic heterocycles. The molecule has 0 spiro atoms. The van der Waals surface area contributed by atoms with Gasteiger partial charge >= 0.3 is 5.97 Å². The fraction of sp³-hybridized carbons (Fsp3) is 0.500. The van der Waals surface area contributed by atoms with Crippen LogP contribution in [0.15, 0.2) is 17.5 Å². The highest BCUT2D eigenvalue weighted by molar-refractivity contribution is 7.10. The average Bonchev–Trinajstić information content (AvgIpc) is 2.81. The molecule has 0 radical (unpaired) electrons. The number of carboxylic acids is 1. The van der Waals surface area contributed by atoms with Crippen molar-refractivity contribution < 1.29 is 14.7 Å². The maximum Gasteiger partial charge on any atom is 0.303 e. The maximum absolute atomic E-state index is 11.6. The summed E-state index contributed by atoms with van der Waals surface area (Å²) < 4.78 is 0. The van der Waals surface area contributed by atoms with Gasteiger partial charge in [-0.25, -0.2) is 0 Å². The summed E-state index contributed by atoms with van der Waals surface area (Å²) in [5, 5.41) is 16.2. The van der Waals surface area contributed by atoms with Crippen LogP contribution in [0.2, 0.25) is 0 Å². The van der Waals surface area contributed by atoms with E-state index in [9.17, 15) is 9.59 Å². The smallest absolute Gasteiger partial charge is 0.303 e. The van der Waals surface area contributed by atoms with E-state index in [0.29, 0.717) is 13.0 Å². The maximum atomic E-state index is 11.6. The number of carbonyl (C=O) groups is 2. The Morgan fingerprint density at radius 3 is 2.89 bits per heavy atom. The number of carbonyl (C=O) groups excluding carboxylic acids is 1. The van der Waals surface area contributed by atoms with Gasteiger partial charge in [0.1, 0.15) is 0 Å². The number of aliphatic carboxylic acids is 1. The number of carboxylic acid groups (broad SMARTS) is 1. The van der Waals surface area contributed by atoms with Crippen LogP contribution in [0, 0.1) is 0 Å². The molecule has 1 amide bonds. The van der Waals surface area contributed by atoms with Crippen molar-refractivity contribution >= 4 is 23.2 Å². The summed E-state index contributed by atoms with van der Waals surface area (Å²) in [5.74, 6) is -0.890. The van der Waals surface area contributed by atoms with E-state index in [1.54, 1.807) is 11.3 Å². The molecule has 6 heteroatoms. The zero-order valence-corrected chi connectivity index (χ0v) is 11.1. The van der Waals surface area contributed by atoms with Gasteiger partial charge in [0.25, 0.3) is 0 Å². The summed E-state index contributed by atoms with van der Waals surface area (Å²) in [7, 11) is 0. The second-order valence-corrected chi connectivity index (χ2v) is 4.96. The molecule has 1 rings (SSSR count). The Morgan fingerprint density at radius 1 is 1.50 bits per heavy atom. The molecule has 0 saturated carbocycles. The van der Waals surface area contributed by atoms with Crippen LogP contribution in [0.3, 0.4) is 0 Å². The lowest BCUT2D eigenvalue weighted by Gasteiger charge is -2.12. The highest BCUT2D eigenvalue weighted by Gasteiger charge is 2.09. The van der Waals surface area contributed by atoms with Gasteiger partial charge in [0.05, 0.1) is 12.6 Å². The molecule has 1 heterocycles. The lowest BCUT2D eigenvalue weighted by atomic mass is 10.2. The van der Waals surface area contributed by atoms with Gasteiger partial charge in [-0.05, 0) is 31.3 Å². The molecule has 3 N–H and O–H groups in total. The zero-order chi connectivity index (χ0) is 13.4. The van der Waals surface area contributed by atoms with E-state index < -0.39 is 5.97 Å². The van der Waals surface area contributed by atoms with Crippen molar-refractivity contribution in [2.75, 3.05) is 13.1 Å². The monoisotopic (exact) mass is 270 g/mol. The van der Waals surface area contributed by atoms with E-state index in [1.165, 1.54) is 0 Å². The summed E-state index contributed by atoms with van der Waals surface area (Å²) in [6, 6.07) is 3.95. The molecule has 18 heavy (non-hydrogen) atoms. The highest BCUT2D eigenvalue weighted by atomic mass is 32.1. The molecule has 5 nitrogen and oxygen atoms in total. The SMILES string of the molecule is CC(NC(=O)CNCCCC(=O)O)c1cccs1. The van der Waals surface area contributed by atoms with Gasteiger partial charge in [-0.15, -0.1) is 11.3 Å². The summed E-state index contributed by atoms with van der Waals surface area (Å²) in [6.07, 6.45) is 0.656. The molecule has 1 atom stereocenters. The lowest BCUT2D eigenvalue weighted by molar-refractivity contribution is -0.137. The second-order valence-electron chi connectivity index (χ2n) is 3.98. The van der Waals surface area contributed by atoms with Gasteiger partial charge in [-0.1, -0.05) is 6.07 Å². The number of amides is 1.